The Bertz CT molecular complexity index is 677. The minimum Gasteiger partial charge on any atom is -0.309 e. The molecule has 4 rings (SSSR count). The van der Waals surface area contributed by atoms with Crippen molar-refractivity contribution >= 4 is 45.7 Å². The van der Waals surface area contributed by atoms with E-state index < -0.39 is 0 Å². The van der Waals surface area contributed by atoms with Crippen LogP contribution in [0.15, 0.2) is 12.3 Å². The Balaban J connectivity index is 0.00000144. The Labute approximate surface area is 140 Å². The van der Waals surface area contributed by atoms with E-state index in [-0.39, 0.29) is 24.2 Å². The molecule has 2 aliphatic rings. The van der Waals surface area contributed by atoms with Gasteiger partial charge in [0.1, 0.15) is 0 Å². The lowest BCUT2D eigenvalue weighted by molar-refractivity contribution is -0.117. The molecule has 0 bridgehead atoms. The summed E-state index contributed by atoms with van der Waals surface area (Å²) in [5.74, 6) is 1.61. The first-order valence-electron chi connectivity index (χ1n) is 7.87. The van der Waals surface area contributed by atoms with Gasteiger partial charge >= 0.3 is 0 Å². The molecule has 0 aromatic carbocycles. The van der Waals surface area contributed by atoms with E-state index in [0.29, 0.717) is 11.7 Å². The quantitative estimate of drug-likeness (QED) is 0.896. The van der Waals surface area contributed by atoms with Crippen molar-refractivity contribution in [2.45, 2.75) is 50.9 Å². The summed E-state index contributed by atoms with van der Waals surface area (Å²) in [7, 11) is 0. The number of hydrogen-bond donors (Lipinski definition) is 1. The molecule has 118 valence electrons. The summed E-state index contributed by atoms with van der Waals surface area (Å²) >= 11 is 1.72. The van der Waals surface area contributed by atoms with Gasteiger partial charge in [-0.15, -0.1) is 23.7 Å². The molecule has 0 radical (unpaired) electrons. The average molecular weight is 338 g/mol. The number of carbonyl (C=O) groups is 1. The largest absolute Gasteiger partial charge is 0.309 e. The molecule has 2 saturated carbocycles. The molecule has 0 aliphatic heterocycles. The highest BCUT2D eigenvalue weighted by atomic mass is 35.5. The number of halogens is 1. The molecule has 0 atom stereocenters. The van der Waals surface area contributed by atoms with Gasteiger partial charge in [-0.1, -0.05) is 19.3 Å². The van der Waals surface area contributed by atoms with E-state index in [2.05, 4.69) is 10.3 Å². The van der Waals surface area contributed by atoms with Gasteiger partial charge in [0.25, 0.3) is 0 Å². The second-order valence-corrected chi connectivity index (χ2v) is 7.19. The van der Waals surface area contributed by atoms with Crippen molar-refractivity contribution in [3.05, 3.63) is 17.3 Å². The third kappa shape index (κ3) is 3.10. The van der Waals surface area contributed by atoms with Crippen LogP contribution in [0.5, 0.6) is 0 Å². The van der Waals surface area contributed by atoms with Crippen molar-refractivity contribution in [1.29, 1.82) is 0 Å². The number of nitrogens with one attached hydrogen (secondary N) is 1. The molecule has 1 amide bonds. The number of aromatic nitrogens is 2. The lowest BCUT2D eigenvalue weighted by Crippen LogP contribution is -2.14. The van der Waals surface area contributed by atoms with E-state index in [1.165, 1.54) is 37.1 Å². The van der Waals surface area contributed by atoms with Crippen molar-refractivity contribution < 1.29 is 4.79 Å². The molecule has 2 fully saturated rings. The highest BCUT2D eigenvalue weighted by Crippen LogP contribution is 2.39. The third-order valence-electron chi connectivity index (χ3n) is 4.47. The topological polar surface area (TPSA) is 54.9 Å². The molecule has 2 heterocycles. The zero-order valence-corrected chi connectivity index (χ0v) is 14.0. The van der Waals surface area contributed by atoms with Crippen molar-refractivity contribution in [3.63, 3.8) is 0 Å². The smallest absolute Gasteiger partial charge is 0.228 e. The fraction of sp³-hybridized carbons (Fsp3) is 0.562. The molecule has 0 saturated heterocycles. The molecule has 1 N–H and O–H groups in total. The molecule has 0 unspecified atom stereocenters. The number of rotatable bonds is 3. The summed E-state index contributed by atoms with van der Waals surface area (Å²) in [5.41, 5.74) is 0.974. The van der Waals surface area contributed by atoms with Gasteiger partial charge in [-0.25, -0.2) is 9.97 Å². The van der Waals surface area contributed by atoms with Gasteiger partial charge in [-0.2, -0.15) is 0 Å². The Morgan fingerprint density at radius 2 is 1.95 bits per heavy atom. The fourth-order valence-electron chi connectivity index (χ4n) is 3.05. The van der Waals surface area contributed by atoms with Gasteiger partial charge in [0.05, 0.1) is 15.2 Å². The molecule has 2 aliphatic carbocycles. The van der Waals surface area contributed by atoms with Crippen molar-refractivity contribution in [3.8, 4) is 0 Å². The van der Waals surface area contributed by atoms with Gasteiger partial charge in [0, 0.05) is 18.0 Å². The molecule has 6 heteroatoms. The molecular formula is C16H20ClN3OS. The minimum atomic E-state index is 0. The van der Waals surface area contributed by atoms with E-state index in [1.807, 2.05) is 6.07 Å². The molecule has 2 aromatic rings. The Hall–Kier alpha value is -1.20. The first-order chi connectivity index (χ1) is 10.3. The summed E-state index contributed by atoms with van der Waals surface area (Å²) in [4.78, 5) is 21.1. The number of hydrogen-bond acceptors (Lipinski definition) is 4. The fourth-order valence-corrected chi connectivity index (χ4v) is 4.22. The van der Waals surface area contributed by atoms with Gasteiger partial charge in [0.2, 0.25) is 5.91 Å². The van der Waals surface area contributed by atoms with E-state index in [1.54, 1.807) is 17.5 Å². The highest BCUT2D eigenvalue weighted by molar-refractivity contribution is 7.19. The van der Waals surface area contributed by atoms with Crippen molar-refractivity contribution in [1.82, 2.24) is 9.97 Å². The lowest BCUT2D eigenvalue weighted by atomic mass is 9.90. The molecule has 0 spiro atoms. The Morgan fingerprint density at radius 1 is 1.18 bits per heavy atom. The predicted molar refractivity (Wildman–Crippen MR) is 91.8 cm³/mol. The van der Waals surface area contributed by atoms with Crippen LogP contribution in [0.25, 0.3) is 10.2 Å². The maximum Gasteiger partial charge on any atom is 0.228 e. The van der Waals surface area contributed by atoms with Crippen LogP contribution in [0.3, 0.4) is 0 Å². The zero-order valence-electron chi connectivity index (χ0n) is 12.4. The SMILES string of the molecule is Cl.O=C(Nc1nccc2nc(C3CCCCC3)sc12)C1CC1. The number of carbonyl (C=O) groups excluding carboxylic acids is 1. The summed E-state index contributed by atoms with van der Waals surface area (Å²) in [5, 5.41) is 4.21. The Morgan fingerprint density at radius 3 is 2.68 bits per heavy atom. The van der Waals surface area contributed by atoms with Gasteiger partial charge in [-0.05, 0) is 31.7 Å². The van der Waals surface area contributed by atoms with Crippen LogP contribution in [-0.2, 0) is 4.79 Å². The zero-order chi connectivity index (χ0) is 14.2. The number of thiazole rings is 1. The molecular weight excluding hydrogens is 318 g/mol. The van der Waals surface area contributed by atoms with Gasteiger partial charge in [-0.3, -0.25) is 4.79 Å². The van der Waals surface area contributed by atoms with E-state index in [4.69, 9.17) is 4.98 Å². The summed E-state index contributed by atoms with van der Waals surface area (Å²) in [6.45, 7) is 0. The number of fused-ring (bicyclic) bond motifs is 1. The predicted octanol–water partition coefficient (Wildman–Crippen LogP) is 4.51. The number of amides is 1. The highest BCUT2D eigenvalue weighted by Gasteiger charge is 2.30. The minimum absolute atomic E-state index is 0. The van der Waals surface area contributed by atoms with Crippen LogP contribution in [0, 0.1) is 5.92 Å². The van der Waals surface area contributed by atoms with Crippen LogP contribution >= 0.6 is 23.7 Å². The monoisotopic (exact) mass is 337 g/mol. The van der Waals surface area contributed by atoms with Crippen LogP contribution in [-0.4, -0.2) is 15.9 Å². The lowest BCUT2D eigenvalue weighted by Gasteiger charge is -2.18. The van der Waals surface area contributed by atoms with Crippen LogP contribution < -0.4 is 5.32 Å². The van der Waals surface area contributed by atoms with E-state index >= 15 is 0 Å². The normalized spacial score (nSPS) is 18.9. The second kappa shape index (κ2) is 6.50. The van der Waals surface area contributed by atoms with Crippen molar-refractivity contribution in [2.75, 3.05) is 5.32 Å². The summed E-state index contributed by atoms with van der Waals surface area (Å²) in [6, 6.07) is 1.95. The van der Waals surface area contributed by atoms with Crippen LogP contribution in [0.2, 0.25) is 0 Å². The molecule has 4 nitrogen and oxygen atoms in total. The van der Waals surface area contributed by atoms with Crippen LogP contribution in [0.1, 0.15) is 55.9 Å². The standard InChI is InChI=1S/C16H19N3OS.ClH/c20-15(10-6-7-10)19-14-13-12(8-9-17-14)18-16(21-13)11-4-2-1-3-5-11;/h8-11H,1-7H2,(H,17,19,20);1H. The first-order valence-corrected chi connectivity index (χ1v) is 8.69. The first kappa shape index (κ1) is 15.7. The number of pyridine rings is 1. The molecule has 22 heavy (non-hydrogen) atoms. The maximum atomic E-state index is 12.0. The third-order valence-corrected chi connectivity index (χ3v) is 5.71. The maximum absolute atomic E-state index is 12.0. The van der Waals surface area contributed by atoms with E-state index in [0.717, 1.165) is 23.1 Å². The summed E-state index contributed by atoms with van der Waals surface area (Å²) in [6.07, 6.45) is 10.2. The summed E-state index contributed by atoms with van der Waals surface area (Å²) < 4.78 is 1.03. The second-order valence-electron chi connectivity index (χ2n) is 6.16. The number of nitrogens with zero attached hydrogens (tertiary/aromatic N) is 2. The van der Waals surface area contributed by atoms with Crippen molar-refractivity contribution in [2.24, 2.45) is 5.92 Å². The number of anilines is 1. The molecule has 2 aromatic heterocycles. The van der Waals surface area contributed by atoms with Gasteiger partial charge in [0.15, 0.2) is 5.82 Å². The van der Waals surface area contributed by atoms with Crippen LogP contribution in [0.4, 0.5) is 5.82 Å². The van der Waals surface area contributed by atoms with Gasteiger partial charge < -0.3 is 5.32 Å². The van der Waals surface area contributed by atoms with E-state index in [9.17, 15) is 4.79 Å². The Kier molecular flexibility index (Phi) is 4.64. The average Bonchev–Trinajstić information content (AvgIpc) is 3.27.